The van der Waals surface area contributed by atoms with E-state index in [0.717, 1.165) is 48.4 Å². The van der Waals surface area contributed by atoms with Gasteiger partial charge in [0, 0.05) is 69.1 Å². The van der Waals surface area contributed by atoms with E-state index in [1.54, 1.807) is 13.0 Å². The molecule has 0 saturated carbocycles. The van der Waals surface area contributed by atoms with Gasteiger partial charge in [0.1, 0.15) is 5.82 Å². The van der Waals surface area contributed by atoms with Gasteiger partial charge < -0.3 is 14.5 Å². The van der Waals surface area contributed by atoms with Crippen molar-refractivity contribution in [2.45, 2.75) is 44.7 Å². The summed E-state index contributed by atoms with van der Waals surface area (Å²) in [5.74, 6) is 0.714. The molecule has 0 bridgehead atoms. The molecular weight excluding hydrogens is 423 g/mol. The zero-order valence-electron chi connectivity index (χ0n) is 19.1. The van der Waals surface area contributed by atoms with E-state index in [1.807, 2.05) is 29.2 Å². The Balaban J connectivity index is 1.41. The molecule has 1 amide bonds. The highest BCUT2D eigenvalue weighted by Crippen LogP contribution is 2.41. The lowest BCUT2D eigenvalue weighted by molar-refractivity contribution is -0.129. The number of likely N-dealkylation sites (N-methyl/N-ethyl adjacent to an activating group) is 1. The third-order valence-electron chi connectivity index (χ3n) is 7.35. The van der Waals surface area contributed by atoms with Crippen LogP contribution in [0.15, 0.2) is 17.2 Å². The minimum absolute atomic E-state index is 0.0228. The SMILES string of the molecule is CC(=O)N1CCc2c(c(N3CCCc4cc(C5C=NN(C)C5)c(F)cc43)nn2C2COC2)C1. The van der Waals surface area contributed by atoms with E-state index in [1.165, 1.54) is 5.69 Å². The summed E-state index contributed by atoms with van der Waals surface area (Å²) in [6.07, 6.45) is 4.50. The molecule has 0 radical (unpaired) electrons. The zero-order chi connectivity index (χ0) is 22.7. The lowest BCUT2D eigenvalue weighted by atomic mass is 9.92. The van der Waals surface area contributed by atoms with E-state index in [9.17, 15) is 4.79 Å². The van der Waals surface area contributed by atoms with Crippen molar-refractivity contribution in [2.75, 3.05) is 44.8 Å². The Morgan fingerprint density at radius 2 is 2.06 bits per heavy atom. The van der Waals surface area contributed by atoms with Crippen molar-refractivity contribution in [3.8, 4) is 0 Å². The topological polar surface area (TPSA) is 66.2 Å². The van der Waals surface area contributed by atoms with Gasteiger partial charge in [0.2, 0.25) is 5.91 Å². The van der Waals surface area contributed by atoms with Crippen LogP contribution in [-0.4, -0.2) is 71.7 Å². The number of rotatable bonds is 3. The van der Waals surface area contributed by atoms with Crippen molar-refractivity contribution >= 4 is 23.6 Å². The Kier molecular flexibility index (Phi) is 4.90. The number of ether oxygens (including phenoxy) is 1. The second-order valence-corrected chi connectivity index (χ2v) is 9.54. The van der Waals surface area contributed by atoms with Crippen LogP contribution in [0.5, 0.6) is 0 Å². The van der Waals surface area contributed by atoms with Crippen LogP contribution in [0.3, 0.4) is 0 Å². The van der Waals surface area contributed by atoms with E-state index in [4.69, 9.17) is 9.84 Å². The molecule has 1 aromatic carbocycles. The number of aromatic nitrogens is 2. The van der Waals surface area contributed by atoms with Crippen LogP contribution < -0.4 is 4.90 Å². The van der Waals surface area contributed by atoms with E-state index in [0.29, 0.717) is 38.4 Å². The highest BCUT2D eigenvalue weighted by Gasteiger charge is 2.35. The summed E-state index contributed by atoms with van der Waals surface area (Å²) in [5, 5.41) is 11.2. The monoisotopic (exact) mass is 452 g/mol. The van der Waals surface area contributed by atoms with Crippen molar-refractivity contribution in [3.63, 3.8) is 0 Å². The molecular formula is C24H29FN6O2. The van der Waals surface area contributed by atoms with E-state index < -0.39 is 0 Å². The largest absolute Gasteiger partial charge is 0.377 e. The standard InChI is InChI=1S/C24H29FN6O2/c1-15(32)29-7-5-22-20(12-29)24(27-31(22)18-13-33-14-18)30-6-3-4-16-8-19(21(25)9-23(16)30)17-10-26-28(2)11-17/h8-10,17-18H,3-7,11-14H2,1-2H3. The van der Waals surface area contributed by atoms with Gasteiger partial charge in [-0.3, -0.25) is 14.5 Å². The van der Waals surface area contributed by atoms with Gasteiger partial charge >= 0.3 is 0 Å². The number of carbonyl (C=O) groups is 1. The average Bonchev–Trinajstić information content (AvgIpc) is 3.35. The van der Waals surface area contributed by atoms with Gasteiger partial charge in [-0.15, -0.1) is 0 Å². The maximum atomic E-state index is 15.3. The number of nitrogens with zero attached hydrogens (tertiary/aromatic N) is 6. The Labute approximate surface area is 192 Å². The van der Waals surface area contributed by atoms with Crippen molar-refractivity contribution < 1.29 is 13.9 Å². The van der Waals surface area contributed by atoms with Gasteiger partial charge in [0.25, 0.3) is 0 Å². The van der Waals surface area contributed by atoms with Crippen LogP contribution in [0.4, 0.5) is 15.9 Å². The molecule has 1 fully saturated rings. The molecule has 9 heteroatoms. The Hall–Kier alpha value is -2.94. The van der Waals surface area contributed by atoms with Gasteiger partial charge in [-0.1, -0.05) is 6.07 Å². The number of carbonyl (C=O) groups excluding carboxylic acids is 1. The number of halogens is 1. The first-order chi connectivity index (χ1) is 16.0. The Bertz CT molecular complexity index is 1140. The van der Waals surface area contributed by atoms with Gasteiger partial charge in [0.15, 0.2) is 5.82 Å². The highest BCUT2D eigenvalue weighted by atomic mass is 19.1. The quantitative estimate of drug-likeness (QED) is 0.716. The van der Waals surface area contributed by atoms with Crippen LogP contribution in [0.1, 0.15) is 47.7 Å². The van der Waals surface area contributed by atoms with Gasteiger partial charge in [-0.2, -0.15) is 10.2 Å². The van der Waals surface area contributed by atoms with Crippen LogP contribution in [0.2, 0.25) is 0 Å². The summed E-state index contributed by atoms with van der Waals surface area (Å²) in [6, 6.07) is 3.94. The molecule has 6 rings (SSSR count). The molecule has 4 aliphatic rings. The summed E-state index contributed by atoms with van der Waals surface area (Å²) in [6.45, 7) is 5.67. The molecule has 0 spiro atoms. The number of anilines is 2. The molecule has 5 heterocycles. The van der Waals surface area contributed by atoms with Crippen LogP contribution in [-0.2, 0) is 28.9 Å². The summed E-state index contributed by atoms with van der Waals surface area (Å²) >= 11 is 0. The van der Waals surface area contributed by atoms with Crippen molar-refractivity contribution in [1.82, 2.24) is 19.7 Å². The predicted octanol–water partition coefficient (Wildman–Crippen LogP) is 2.60. The molecule has 1 saturated heterocycles. The summed E-state index contributed by atoms with van der Waals surface area (Å²) < 4.78 is 22.9. The summed E-state index contributed by atoms with van der Waals surface area (Å²) in [5.41, 5.74) is 5.03. The number of benzene rings is 1. The first kappa shape index (κ1) is 20.7. The number of hydrazone groups is 1. The lowest BCUT2D eigenvalue weighted by Crippen LogP contribution is -2.37. The third-order valence-corrected chi connectivity index (χ3v) is 7.35. The number of hydrogen-bond donors (Lipinski definition) is 0. The maximum Gasteiger partial charge on any atom is 0.219 e. The fraction of sp³-hybridized carbons (Fsp3) is 0.542. The first-order valence-electron chi connectivity index (χ1n) is 11.8. The predicted molar refractivity (Wildman–Crippen MR) is 122 cm³/mol. The van der Waals surface area contributed by atoms with E-state index in [-0.39, 0.29) is 23.7 Å². The van der Waals surface area contributed by atoms with Gasteiger partial charge in [-0.05, 0) is 30.0 Å². The third kappa shape index (κ3) is 3.40. The molecule has 8 nitrogen and oxygen atoms in total. The number of aryl methyl sites for hydroxylation is 1. The number of hydrogen-bond acceptors (Lipinski definition) is 6. The van der Waals surface area contributed by atoms with Crippen molar-refractivity contribution in [2.24, 2.45) is 5.10 Å². The van der Waals surface area contributed by atoms with Crippen molar-refractivity contribution in [1.29, 1.82) is 0 Å². The fourth-order valence-electron chi connectivity index (χ4n) is 5.46. The number of fused-ring (bicyclic) bond motifs is 2. The molecule has 1 unspecified atom stereocenters. The van der Waals surface area contributed by atoms with Crippen molar-refractivity contribution in [3.05, 3.63) is 40.3 Å². The second-order valence-electron chi connectivity index (χ2n) is 9.54. The first-order valence-corrected chi connectivity index (χ1v) is 11.8. The summed E-state index contributed by atoms with van der Waals surface area (Å²) in [4.78, 5) is 16.2. The molecule has 33 heavy (non-hydrogen) atoms. The number of amides is 1. The highest BCUT2D eigenvalue weighted by molar-refractivity contribution is 5.76. The molecule has 174 valence electrons. The Morgan fingerprint density at radius 1 is 1.21 bits per heavy atom. The average molecular weight is 453 g/mol. The molecule has 4 aliphatic heterocycles. The van der Waals surface area contributed by atoms with Gasteiger partial charge in [-0.25, -0.2) is 4.39 Å². The molecule has 1 atom stereocenters. The van der Waals surface area contributed by atoms with Crippen LogP contribution in [0.25, 0.3) is 0 Å². The zero-order valence-corrected chi connectivity index (χ0v) is 19.1. The maximum absolute atomic E-state index is 15.3. The minimum atomic E-state index is -0.196. The molecule has 0 aliphatic carbocycles. The normalized spacial score (nSPS) is 22.4. The van der Waals surface area contributed by atoms with E-state index >= 15 is 4.39 Å². The fourth-order valence-corrected chi connectivity index (χ4v) is 5.46. The molecule has 0 N–H and O–H groups in total. The second kappa shape index (κ2) is 7.83. The van der Waals surface area contributed by atoms with E-state index in [2.05, 4.69) is 14.7 Å². The van der Waals surface area contributed by atoms with Gasteiger partial charge in [0.05, 0.1) is 25.8 Å². The minimum Gasteiger partial charge on any atom is -0.377 e. The lowest BCUT2D eigenvalue weighted by Gasteiger charge is -2.33. The molecule has 2 aromatic rings. The van der Waals surface area contributed by atoms with Crippen LogP contribution >= 0.6 is 0 Å². The smallest absolute Gasteiger partial charge is 0.219 e. The Morgan fingerprint density at radius 3 is 2.76 bits per heavy atom. The van der Waals surface area contributed by atoms with Crippen LogP contribution in [0, 0.1) is 5.82 Å². The summed E-state index contributed by atoms with van der Waals surface area (Å²) in [7, 11) is 1.91. The molecule has 1 aromatic heterocycles.